The predicted octanol–water partition coefficient (Wildman–Crippen LogP) is 11.4. The van der Waals surface area contributed by atoms with E-state index in [0.717, 1.165) is 36.4 Å². The summed E-state index contributed by atoms with van der Waals surface area (Å²) in [6.07, 6.45) is 0. The molecule has 9 N–H and O–H groups in total. The number of hydrogen-bond donors (Lipinski definition) is 9. The van der Waals surface area contributed by atoms with E-state index in [1.54, 1.807) is 0 Å². The summed E-state index contributed by atoms with van der Waals surface area (Å²) < 4.78 is 114. The van der Waals surface area contributed by atoms with Gasteiger partial charge in [-0.05, 0) is 78.2 Å². The second kappa shape index (κ2) is 26.2. The fraction of sp³-hybridized carbons (Fsp3) is 0.0500. The van der Waals surface area contributed by atoms with E-state index < -0.39 is 141 Å². The lowest BCUT2D eigenvalue weighted by Crippen LogP contribution is -2.12. The molecule has 7 aromatic carbocycles. The van der Waals surface area contributed by atoms with Crippen LogP contribution in [0.5, 0.6) is 23.0 Å². The molecule has 0 heterocycles. The highest BCUT2D eigenvalue weighted by molar-refractivity contribution is 7.95. The first-order chi connectivity index (χ1) is 38.9. The van der Waals surface area contributed by atoms with Gasteiger partial charge in [-0.2, -0.15) is 16.8 Å². The molecule has 7 aromatic rings. The summed E-state index contributed by atoms with van der Waals surface area (Å²) in [6.45, 7) is -0.534. The largest absolute Gasteiger partial charge is 0.505 e. The minimum atomic E-state index is -5.18. The number of phenols is 4. The molecule has 0 amide bonds. The van der Waals surface area contributed by atoms with E-state index in [0.29, 0.717) is 36.3 Å². The molecule has 0 aliphatic rings. The van der Waals surface area contributed by atoms with E-state index in [4.69, 9.17) is 20.0 Å². The monoisotopic (exact) mass is 1260 g/mol. The summed E-state index contributed by atoms with van der Waals surface area (Å²) in [5.41, 5.74) is -6.17. The van der Waals surface area contributed by atoms with Crippen molar-refractivity contribution < 1.29 is 113 Å². The van der Waals surface area contributed by atoms with Gasteiger partial charge in [0.25, 0.3) is 25.9 Å². The standard InChI is InChI=1S/C40H28N10O26S6/c51-32-8-7-28(39(53)36(32)47-46-30-13-19(49(55)56)14-31(38(30)52)50(57)58)44-45-29-16-22(81(64,65)66)11-18-12-33(78-75-72-60)37(40(54)35(18)29)48-42-26-6-5-25(23-3-1-20(15-24(23)26)77-74-71-59)41-43-27-4-2-21(17-34(27)82(67,68)69)80(62,63)10-9-70-79-76-73-61/h1-8,11-17,51-54,59-61H,9-10H2,(H,64,65,66)(H,67,68,69). The molecule has 82 heavy (non-hydrogen) atoms. The first-order valence-corrected chi connectivity index (χ1v) is 27.7. The van der Waals surface area contributed by atoms with Crippen LogP contribution in [0.1, 0.15) is 0 Å². The SMILES string of the molecule is O=[N+]([O-])c1cc(N=Nc2c(O)ccc(N=Nc3cc(S(=O)(=O)O)cc4cc(SOOO)c(N=Nc5ccc(N=Nc6ccc(S(=O)(=O)CCOSOOO)cc6S(=O)(=O)O)c6ccc(SOOO)cc56)c(O)c34)c2O)c(O)c([N+](=O)[O-])c1. The quantitative estimate of drug-likeness (QED) is 0.00488. The van der Waals surface area contributed by atoms with Crippen molar-refractivity contribution >= 4 is 145 Å². The average Bonchev–Trinajstić information content (AvgIpc) is 3.44. The molecular formula is C40H28N10O26S6. The molecule has 0 fully saturated rings. The van der Waals surface area contributed by atoms with Gasteiger partial charge in [0.1, 0.15) is 33.4 Å². The van der Waals surface area contributed by atoms with Crippen LogP contribution in [-0.4, -0.2) is 92.8 Å². The second-order valence-electron chi connectivity index (χ2n) is 15.3. The fourth-order valence-electron chi connectivity index (χ4n) is 6.83. The number of benzene rings is 7. The molecular weight excluding hydrogens is 1230 g/mol. The summed E-state index contributed by atoms with van der Waals surface area (Å²) >= 11 is 0.748. The topological polar surface area (TPSA) is 534 Å². The highest BCUT2D eigenvalue weighted by Crippen LogP contribution is 2.50. The molecule has 0 aliphatic carbocycles. The number of aromatic hydroxyl groups is 4. The number of non-ortho nitro benzene ring substituents is 1. The van der Waals surface area contributed by atoms with E-state index in [-0.39, 0.29) is 61.7 Å². The van der Waals surface area contributed by atoms with Gasteiger partial charge in [-0.3, -0.25) is 33.5 Å². The molecule has 7 rings (SSSR count). The van der Waals surface area contributed by atoms with Gasteiger partial charge in [0.15, 0.2) is 39.3 Å². The van der Waals surface area contributed by atoms with Crippen molar-refractivity contribution in [3.8, 4) is 23.0 Å². The third-order valence-electron chi connectivity index (χ3n) is 10.4. The normalized spacial score (nSPS) is 12.5. The van der Waals surface area contributed by atoms with Gasteiger partial charge in [0.2, 0.25) is 5.75 Å². The van der Waals surface area contributed by atoms with Crippen molar-refractivity contribution in [1.29, 1.82) is 0 Å². The molecule has 430 valence electrons. The maximum atomic E-state index is 12.9. The van der Waals surface area contributed by atoms with Gasteiger partial charge in [-0.15, -0.1) is 53.9 Å². The number of rotatable bonds is 25. The third kappa shape index (κ3) is 14.5. The van der Waals surface area contributed by atoms with Gasteiger partial charge >= 0.3 is 5.69 Å². The zero-order valence-electron chi connectivity index (χ0n) is 39.5. The summed E-state index contributed by atoms with van der Waals surface area (Å²) in [6, 6.07) is 14.7. The van der Waals surface area contributed by atoms with E-state index in [2.05, 4.69) is 69.0 Å². The van der Waals surface area contributed by atoms with Crippen molar-refractivity contribution in [3.05, 3.63) is 111 Å². The molecule has 0 spiro atoms. The zero-order valence-corrected chi connectivity index (χ0v) is 44.4. The van der Waals surface area contributed by atoms with E-state index in [9.17, 15) is 75.0 Å². The second-order valence-corrected chi connectivity index (χ2v) is 22.2. The third-order valence-corrected chi connectivity index (χ3v) is 15.3. The summed E-state index contributed by atoms with van der Waals surface area (Å²) in [5, 5.41) is 135. The number of phenolic OH excluding ortho intramolecular Hbond substituents is 4. The Morgan fingerprint density at radius 3 is 1.80 bits per heavy atom. The van der Waals surface area contributed by atoms with Crippen molar-refractivity contribution in [2.24, 2.45) is 40.9 Å². The minimum absolute atomic E-state index is 0.0441. The number of nitro groups is 2. The van der Waals surface area contributed by atoms with Crippen LogP contribution in [0, 0.1) is 20.2 Å². The number of hydrogen-bond acceptors (Lipinski definition) is 35. The molecule has 36 nitrogen and oxygen atoms in total. The first kappa shape index (κ1) is 61.5. The molecule has 42 heteroatoms. The average molecular weight is 1260 g/mol. The molecule has 0 aromatic heterocycles. The van der Waals surface area contributed by atoms with Gasteiger partial charge in [-0.25, -0.2) is 24.2 Å². The molecule has 0 aliphatic heterocycles. The lowest BCUT2D eigenvalue weighted by Gasteiger charge is -2.12. The van der Waals surface area contributed by atoms with Gasteiger partial charge < -0.3 is 20.4 Å². The number of azo groups is 4. The molecule has 0 radical (unpaired) electrons. The predicted molar refractivity (Wildman–Crippen MR) is 275 cm³/mol. The fourth-order valence-corrected chi connectivity index (χ4v) is 10.4. The van der Waals surface area contributed by atoms with Crippen LogP contribution in [0.4, 0.5) is 56.9 Å². The van der Waals surface area contributed by atoms with Gasteiger partial charge in [0.05, 0.1) is 89.5 Å². The van der Waals surface area contributed by atoms with Crippen molar-refractivity contribution in [2.75, 3.05) is 12.4 Å². The van der Waals surface area contributed by atoms with Crippen molar-refractivity contribution in [3.63, 3.8) is 0 Å². The lowest BCUT2D eigenvalue weighted by atomic mass is 10.1. The van der Waals surface area contributed by atoms with E-state index >= 15 is 0 Å². The van der Waals surface area contributed by atoms with Crippen LogP contribution < -0.4 is 0 Å². The van der Waals surface area contributed by atoms with E-state index in [1.165, 1.54) is 30.3 Å². The van der Waals surface area contributed by atoms with E-state index in [1.807, 2.05) is 0 Å². The molecule has 0 unspecified atom stereocenters. The summed E-state index contributed by atoms with van der Waals surface area (Å²) in [5.74, 6) is -4.71. The molecule has 0 atom stereocenters. The minimum Gasteiger partial charge on any atom is -0.505 e. The van der Waals surface area contributed by atoms with Gasteiger partial charge in [-0.1, -0.05) is 21.2 Å². The number of sulfone groups is 1. The summed E-state index contributed by atoms with van der Waals surface area (Å²) in [7, 11) is -14.6. The molecule has 0 saturated heterocycles. The number of fused-ring (bicyclic) bond motifs is 2. The van der Waals surface area contributed by atoms with Crippen LogP contribution in [0.25, 0.3) is 21.5 Å². The first-order valence-electron chi connectivity index (χ1n) is 21.0. The Morgan fingerprint density at radius 2 is 1.13 bits per heavy atom. The Kier molecular flexibility index (Phi) is 19.7. The Bertz CT molecular complexity index is 4160. The maximum absolute atomic E-state index is 12.9. The Morgan fingerprint density at radius 1 is 0.524 bits per heavy atom. The van der Waals surface area contributed by atoms with Crippen LogP contribution in [-0.2, 0) is 62.4 Å². The van der Waals surface area contributed by atoms with Crippen LogP contribution in [0.2, 0.25) is 0 Å². The smallest absolute Gasteiger partial charge is 0.319 e. The van der Waals surface area contributed by atoms with Crippen molar-refractivity contribution in [2.45, 2.75) is 24.5 Å². The van der Waals surface area contributed by atoms with Gasteiger partial charge in [0, 0.05) is 21.7 Å². The summed E-state index contributed by atoms with van der Waals surface area (Å²) in [4.78, 5) is 18.1. The highest BCUT2D eigenvalue weighted by atomic mass is 32.2. The lowest BCUT2D eigenvalue weighted by molar-refractivity contribution is -0.434. The Balaban J connectivity index is 1.32. The maximum Gasteiger partial charge on any atom is 0.319 e. The number of nitro benzene ring substituents is 2. The molecule has 0 bridgehead atoms. The highest BCUT2D eigenvalue weighted by Gasteiger charge is 2.27. The Labute approximate surface area is 467 Å². The Hall–Kier alpha value is -8.12. The zero-order chi connectivity index (χ0) is 59.7. The molecule has 0 saturated carbocycles. The number of nitrogens with zero attached hydrogens (tertiary/aromatic N) is 10. The van der Waals surface area contributed by atoms with Crippen LogP contribution in [0.15, 0.2) is 156 Å². The van der Waals surface area contributed by atoms with Crippen LogP contribution >= 0.6 is 36.4 Å². The van der Waals surface area contributed by atoms with Crippen LogP contribution in [0.3, 0.4) is 0 Å². The van der Waals surface area contributed by atoms with Crippen molar-refractivity contribution in [1.82, 2.24) is 0 Å².